The lowest BCUT2D eigenvalue weighted by molar-refractivity contribution is -0.143. The van der Waals surface area contributed by atoms with Crippen molar-refractivity contribution in [3.05, 3.63) is 24.0 Å². The predicted molar refractivity (Wildman–Crippen MR) is 57.1 cm³/mol. The third kappa shape index (κ3) is 2.08. The Hall–Kier alpha value is -1.78. The number of aromatic nitrogens is 1. The molecule has 0 aromatic carbocycles. The van der Waals surface area contributed by atoms with Gasteiger partial charge in [0, 0.05) is 19.3 Å². The second kappa shape index (κ2) is 4.38. The number of hydrogen-bond acceptors (Lipinski definition) is 2. The van der Waals surface area contributed by atoms with Crippen molar-refractivity contribution in [2.24, 2.45) is 5.92 Å². The van der Waals surface area contributed by atoms with Crippen LogP contribution in [-0.4, -0.2) is 40.0 Å². The van der Waals surface area contributed by atoms with Gasteiger partial charge in [-0.25, -0.2) is 0 Å². The molecule has 1 saturated heterocycles. The third-order valence-electron chi connectivity index (χ3n) is 2.89. The van der Waals surface area contributed by atoms with E-state index in [1.54, 1.807) is 23.2 Å². The number of aliphatic carboxylic acids is 1. The van der Waals surface area contributed by atoms with Gasteiger partial charge in [-0.1, -0.05) is 0 Å². The van der Waals surface area contributed by atoms with Crippen LogP contribution < -0.4 is 0 Å². The molecule has 2 heterocycles. The van der Waals surface area contributed by atoms with Gasteiger partial charge in [0.2, 0.25) is 0 Å². The van der Waals surface area contributed by atoms with E-state index in [9.17, 15) is 9.59 Å². The van der Waals surface area contributed by atoms with Crippen LogP contribution in [0, 0.1) is 5.92 Å². The molecule has 0 bridgehead atoms. The van der Waals surface area contributed by atoms with Crippen LogP contribution in [0.4, 0.5) is 0 Å². The molecule has 2 rings (SSSR count). The van der Waals surface area contributed by atoms with Crippen molar-refractivity contribution in [2.45, 2.75) is 12.8 Å². The second-order valence-electron chi connectivity index (χ2n) is 4.01. The molecule has 1 aromatic rings. The molecule has 0 radical (unpaired) electrons. The lowest BCUT2D eigenvalue weighted by Gasteiger charge is -2.30. The Balaban J connectivity index is 2.05. The van der Waals surface area contributed by atoms with Gasteiger partial charge in [-0.2, -0.15) is 0 Å². The number of hydrogen-bond donors (Lipinski definition) is 2. The molecule has 0 saturated carbocycles. The van der Waals surface area contributed by atoms with Crippen LogP contribution in [0.2, 0.25) is 0 Å². The molecule has 0 spiro atoms. The van der Waals surface area contributed by atoms with Crippen molar-refractivity contribution >= 4 is 11.9 Å². The first-order valence-corrected chi connectivity index (χ1v) is 5.34. The van der Waals surface area contributed by atoms with Crippen molar-refractivity contribution in [1.82, 2.24) is 9.88 Å². The normalized spacial score (nSPS) is 20.8. The first-order valence-electron chi connectivity index (χ1n) is 5.34. The van der Waals surface area contributed by atoms with E-state index in [0.29, 0.717) is 25.2 Å². The molecule has 16 heavy (non-hydrogen) atoms. The van der Waals surface area contributed by atoms with Gasteiger partial charge in [-0.15, -0.1) is 0 Å². The lowest BCUT2D eigenvalue weighted by Crippen LogP contribution is -2.42. The highest BCUT2D eigenvalue weighted by atomic mass is 16.4. The van der Waals surface area contributed by atoms with Gasteiger partial charge in [0.25, 0.3) is 5.91 Å². The number of rotatable bonds is 2. The number of carbonyl (C=O) groups is 2. The van der Waals surface area contributed by atoms with E-state index in [4.69, 9.17) is 5.11 Å². The van der Waals surface area contributed by atoms with Gasteiger partial charge in [0.05, 0.1) is 5.92 Å². The Kier molecular flexibility index (Phi) is 2.94. The minimum atomic E-state index is -0.816. The summed E-state index contributed by atoms with van der Waals surface area (Å²) in [5, 5.41) is 8.92. The number of nitrogens with one attached hydrogen (secondary N) is 1. The number of H-pyrrole nitrogens is 1. The maximum absolute atomic E-state index is 11.9. The molecule has 5 heteroatoms. The Bertz CT molecular complexity index is 386. The molecule has 5 nitrogen and oxygen atoms in total. The van der Waals surface area contributed by atoms with Crippen molar-refractivity contribution in [1.29, 1.82) is 0 Å². The minimum Gasteiger partial charge on any atom is -0.481 e. The van der Waals surface area contributed by atoms with Crippen LogP contribution >= 0.6 is 0 Å². The predicted octanol–water partition coefficient (Wildman–Crippen LogP) is 0.952. The number of carbonyl (C=O) groups excluding carboxylic acids is 1. The molecule has 0 aliphatic carbocycles. The van der Waals surface area contributed by atoms with Crippen LogP contribution in [0.15, 0.2) is 18.3 Å². The number of nitrogens with zero attached hydrogens (tertiary/aromatic N) is 1. The van der Waals surface area contributed by atoms with Crippen molar-refractivity contribution in [3.63, 3.8) is 0 Å². The summed E-state index contributed by atoms with van der Waals surface area (Å²) in [5.74, 6) is -1.35. The molecule has 1 aliphatic heterocycles. The number of aromatic amines is 1. The lowest BCUT2D eigenvalue weighted by atomic mass is 9.98. The fourth-order valence-corrected chi connectivity index (χ4v) is 2.00. The van der Waals surface area contributed by atoms with Gasteiger partial charge in [-0.3, -0.25) is 9.59 Å². The molecule has 1 amide bonds. The molecule has 1 fully saturated rings. The summed E-state index contributed by atoms with van der Waals surface area (Å²) in [4.78, 5) is 27.2. The van der Waals surface area contributed by atoms with E-state index in [0.717, 1.165) is 6.42 Å². The zero-order chi connectivity index (χ0) is 11.5. The van der Waals surface area contributed by atoms with E-state index >= 15 is 0 Å². The number of carboxylic acids is 1. The number of likely N-dealkylation sites (tertiary alicyclic amines) is 1. The van der Waals surface area contributed by atoms with Gasteiger partial charge in [0.1, 0.15) is 5.69 Å². The highest BCUT2D eigenvalue weighted by molar-refractivity contribution is 5.92. The van der Waals surface area contributed by atoms with Gasteiger partial charge in [0.15, 0.2) is 0 Å². The van der Waals surface area contributed by atoms with Gasteiger partial charge in [-0.05, 0) is 25.0 Å². The van der Waals surface area contributed by atoms with E-state index in [2.05, 4.69) is 4.98 Å². The van der Waals surface area contributed by atoms with E-state index < -0.39 is 11.9 Å². The largest absolute Gasteiger partial charge is 0.481 e. The Morgan fingerprint density at radius 1 is 1.50 bits per heavy atom. The summed E-state index contributed by atoms with van der Waals surface area (Å²) in [7, 11) is 0. The Morgan fingerprint density at radius 2 is 2.31 bits per heavy atom. The summed E-state index contributed by atoms with van der Waals surface area (Å²) in [6, 6.07) is 3.46. The Morgan fingerprint density at radius 3 is 2.94 bits per heavy atom. The second-order valence-corrected chi connectivity index (χ2v) is 4.01. The highest BCUT2D eigenvalue weighted by Gasteiger charge is 2.28. The van der Waals surface area contributed by atoms with Gasteiger partial charge < -0.3 is 15.0 Å². The standard InChI is InChI=1S/C11H14N2O3/c14-10(9-4-1-5-12-9)13-6-2-3-8(7-13)11(15)16/h1,4-5,8,12H,2-3,6-7H2,(H,15,16)/t8-/m1/s1. The van der Waals surface area contributed by atoms with Crippen LogP contribution in [0.5, 0.6) is 0 Å². The smallest absolute Gasteiger partial charge is 0.308 e. The molecule has 0 unspecified atom stereocenters. The molecule has 2 N–H and O–H groups in total. The molecular weight excluding hydrogens is 208 g/mol. The van der Waals surface area contributed by atoms with E-state index in [1.807, 2.05) is 0 Å². The van der Waals surface area contributed by atoms with E-state index in [-0.39, 0.29) is 5.91 Å². The molecule has 1 atom stereocenters. The van der Waals surface area contributed by atoms with Crippen molar-refractivity contribution in [2.75, 3.05) is 13.1 Å². The van der Waals surface area contributed by atoms with Gasteiger partial charge >= 0.3 is 5.97 Å². The summed E-state index contributed by atoms with van der Waals surface area (Å²) in [6.07, 6.45) is 3.10. The SMILES string of the molecule is O=C(O)[C@@H]1CCCN(C(=O)c2ccc[nH]2)C1. The summed E-state index contributed by atoms with van der Waals surface area (Å²) in [5.41, 5.74) is 0.519. The van der Waals surface area contributed by atoms with E-state index in [1.165, 1.54) is 0 Å². The van der Waals surface area contributed by atoms with Crippen LogP contribution in [0.25, 0.3) is 0 Å². The first-order chi connectivity index (χ1) is 7.68. The quantitative estimate of drug-likeness (QED) is 0.782. The molecule has 1 aliphatic rings. The zero-order valence-electron chi connectivity index (χ0n) is 8.85. The highest BCUT2D eigenvalue weighted by Crippen LogP contribution is 2.18. The van der Waals surface area contributed by atoms with Crippen molar-refractivity contribution in [3.8, 4) is 0 Å². The summed E-state index contributed by atoms with van der Waals surface area (Å²) < 4.78 is 0. The fraction of sp³-hybridized carbons (Fsp3) is 0.455. The minimum absolute atomic E-state index is 0.115. The number of amides is 1. The molecule has 1 aromatic heterocycles. The summed E-state index contributed by atoms with van der Waals surface area (Å²) >= 11 is 0. The first kappa shape index (κ1) is 10.7. The zero-order valence-corrected chi connectivity index (χ0v) is 8.85. The third-order valence-corrected chi connectivity index (χ3v) is 2.89. The monoisotopic (exact) mass is 222 g/mol. The average Bonchev–Trinajstić information content (AvgIpc) is 2.81. The Labute approximate surface area is 93.1 Å². The molecular formula is C11H14N2O3. The molecule has 86 valence electrons. The van der Waals surface area contributed by atoms with Crippen LogP contribution in [0.3, 0.4) is 0 Å². The topological polar surface area (TPSA) is 73.4 Å². The number of piperidine rings is 1. The summed E-state index contributed by atoms with van der Waals surface area (Å²) in [6.45, 7) is 0.953. The fourth-order valence-electron chi connectivity index (χ4n) is 2.00. The number of carboxylic acid groups (broad SMARTS) is 1. The van der Waals surface area contributed by atoms with Crippen LogP contribution in [-0.2, 0) is 4.79 Å². The maximum Gasteiger partial charge on any atom is 0.308 e. The average molecular weight is 222 g/mol. The van der Waals surface area contributed by atoms with Crippen LogP contribution in [0.1, 0.15) is 23.3 Å². The maximum atomic E-state index is 11.9. The van der Waals surface area contributed by atoms with Crippen molar-refractivity contribution < 1.29 is 14.7 Å².